The summed E-state index contributed by atoms with van der Waals surface area (Å²) in [7, 11) is 0. The molecule has 0 saturated carbocycles. The Bertz CT molecular complexity index is 203. The number of nitrogens with two attached hydrogens (primary N) is 1. The Morgan fingerprint density at radius 1 is 1.57 bits per heavy atom. The van der Waals surface area contributed by atoms with Gasteiger partial charge in [-0.15, -0.1) is 0 Å². The van der Waals surface area contributed by atoms with E-state index in [1.165, 1.54) is 0 Å². The summed E-state index contributed by atoms with van der Waals surface area (Å²) in [5.41, 5.74) is 5.60. The van der Waals surface area contributed by atoms with Gasteiger partial charge in [0.1, 0.15) is 0 Å². The third-order valence-corrected chi connectivity index (χ3v) is 2.44. The van der Waals surface area contributed by atoms with Gasteiger partial charge in [-0.2, -0.15) is 0 Å². The van der Waals surface area contributed by atoms with E-state index in [-0.39, 0.29) is 11.9 Å². The van der Waals surface area contributed by atoms with Gasteiger partial charge in [-0.25, -0.2) is 0 Å². The highest BCUT2D eigenvalue weighted by Crippen LogP contribution is 2.09. The van der Waals surface area contributed by atoms with Crippen LogP contribution in [0, 0.1) is 0 Å². The average molecular weight is 196 g/mol. The fourth-order valence-electron chi connectivity index (χ4n) is 1.62. The van der Waals surface area contributed by atoms with Gasteiger partial charge in [0.2, 0.25) is 5.91 Å². The van der Waals surface area contributed by atoms with Crippen molar-refractivity contribution in [3.8, 4) is 0 Å². The molecule has 1 rings (SSSR count). The minimum Gasteiger partial charge on any atom is -0.353 e. The molecule has 14 heavy (non-hydrogen) atoms. The quantitative estimate of drug-likeness (QED) is 0.652. The van der Waals surface area contributed by atoms with E-state index in [9.17, 15) is 4.79 Å². The Labute approximate surface area is 85.7 Å². The summed E-state index contributed by atoms with van der Waals surface area (Å²) < 4.78 is 0. The van der Waals surface area contributed by atoms with Crippen LogP contribution in [0.1, 0.15) is 39.0 Å². The van der Waals surface area contributed by atoms with E-state index in [1.807, 2.05) is 6.92 Å². The van der Waals surface area contributed by atoms with E-state index in [2.05, 4.69) is 17.5 Å². The number of rotatable bonds is 5. The molecule has 80 valence electrons. The first kappa shape index (κ1) is 11.2. The zero-order valence-corrected chi connectivity index (χ0v) is 8.83. The molecule has 0 aromatic rings. The smallest absolute Gasteiger partial charge is 0.220 e. The minimum atomic E-state index is 0.166. The topological polar surface area (TPSA) is 55.1 Å². The fourth-order valence-corrected chi connectivity index (χ4v) is 1.62. The first-order chi connectivity index (χ1) is 6.68. The van der Waals surface area contributed by atoms with Gasteiger partial charge in [-0.3, -0.25) is 4.79 Å². The molecule has 3 nitrogen and oxygen atoms in total. The Balaban J connectivity index is 2.04. The van der Waals surface area contributed by atoms with Gasteiger partial charge in [0.05, 0.1) is 0 Å². The summed E-state index contributed by atoms with van der Waals surface area (Å²) >= 11 is 0. The molecule has 0 aromatic heterocycles. The molecule has 0 aromatic carbocycles. The lowest BCUT2D eigenvalue weighted by Crippen LogP contribution is -2.32. The van der Waals surface area contributed by atoms with Crippen molar-refractivity contribution in [1.29, 1.82) is 0 Å². The molecule has 0 bridgehead atoms. The average Bonchev–Trinajstić information content (AvgIpc) is 2.56. The number of nitrogens with one attached hydrogen (secondary N) is 1. The van der Waals surface area contributed by atoms with Crippen molar-refractivity contribution >= 4 is 5.91 Å². The van der Waals surface area contributed by atoms with Gasteiger partial charge in [0.15, 0.2) is 0 Å². The van der Waals surface area contributed by atoms with Gasteiger partial charge in [0.25, 0.3) is 0 Å². The number of carbonyl (C=O) groups is 1. The molecule has 3 heteroatoms. The summed E-state index contributed by atoms with van der Waals surface area (Å²) in [5, 5.41) is 3.01. The maximum atomic E-state index is 11.4. The van der Waals surface area contributed by atoms with Crippen LogP contribution in [0.2, 0.25) is 0 Å². The van der Waals surface area contributed by atoms with Gasteiger partial charge in [-0.05, 0) is 32.6 Å². The summed E-state index contributed by atoms with van der Waals surface area (Å²) in [6.45, 7) is 1.97. The van der Waals surface area contributed by atoms with Crippen LogP contribution in [-0.4, -0.2) is 18.0 Å². The number of amides is 1. The monoisotopic (exact) mass is 196 g/mol. The van der Waals surface area contributed by atoms with Crippen LogP contribution in [0.3, 0.4) is 0 Å². The van der Waals surface area contributed by atoms with Gasteiger partial charge in [0, 0.05) is 18.5 Å². The highest BCUT2D eigenvalue weighted by atomic mass is 16.1. The summed E-state index contributed by atoms with van der Waals surface area (Å²) in [4.78, 5) is 11.4. The van der Waals surface area contributed by atoms with E-state index in [1.54, 1.807) is 0 Å². The van der Waals surface area contributed by atoms with Crippen molar-refractivity contribution in [3.05, 3.63) is 12.2 Å². The summed E-state index contributed by atoms with van der Waals surface area (Å²) in [6.07, 6.45) is 8.63. The van der Waals surface area contributed by atoms with E-state index >= 15 is 0 Å². The molecule has 1 unspecified atom stereocenters. The summed E-state index contributed by atoms with van der Waals surface area (Å²) in [5.74, 6) is 0.166. The van der Waals surface area contributed by atoms with Crippen molar-refractivity contribution in [1.82, 2.24) is 5.32 Å². The standard InChI is InChI=1S/C11H20N2O/c1-9(12)5-4-8-11(14)13-10-6-2-3-7-10/h2-3,9-10H,4-8,12H2,1H3,(H,13,14). The third kappa shape index (κ3) is 4.42. The van der Waals surface area contributed by atoms with Crippen LogP contribution in [-0.2, 0) is 4.79 Å². The SMILES string of the molecule is CC(N)CCCC(=O)NC1CC=CC1. The Morgan fingerprint density at radius 2 is 2.21 bits per heavy atom. The van der Waals surface area contributed by atoms with Crippen LogP contribution in [0.25, 0.3) is 0 Å². The van der Waals surface area contributed by atoms with Gasteiger partial charge >= 0.3 is 0 Å². The van der Waals surface area contributed by atoms with Crippen molar-refractivity contribution < 1.29 is 4.79 Å². The van der Waals surface area contributed by atoms with Crippen LogP contribution in [0.15, 0.2) is 12.2 Å². The zero-order chi connectivity index (χ0) is 10.4. The highest BCUT2D eigenvalue weighted by molar-refractivity contribution is 5.76. The lowest BCUT2D eigenvalue weighted by molar-refractivity contribution is -0.121. The van der Waals surface area contributed by atoms with Crippen LogP contribution in [0.5, 0.6) is 0 Å². The Hall–Kier alpha value is -0.830. The van der Waals surface area contributed by atoms with Gasteiger partial charge in [-0.1, -0.05) is 12.2 Å². The number of hydrogen-bond acceptors (Lipinski definition) is 2. The molecule has 0 spiro atoms. The van der Waals surface area contributed by atoms with Crippen LogP contribution < -0.4 is 11.1 Å². The first-order valence-corrected chi connectivity index (χ1v) is 5.38. The Kier molecular flexibility index (Phi) is 4.66. The molecule has 1 aliphatic carbocycles. The number of carbonyl (C=O) groups excluding carboxylic acids is 1. The molecule has 3 N–H and O–H groups in total. The second-order valence-corrected chi connectivity index (χ2v) is 4.08. The predicted octanol–water partition coefficient (Wildman–Crippen LogP) is 1.34. The maximum Gasteiger partial charge on any atom is 0.220 e. The Morgan fingerprint density at radius 3 is 2.79 bits per heavy atom. The molecular formula is C11H20N2O. The fraction of sp³-hybridized carbons (Fsp3) is 0.727. The second kappa shape index (κ2) is 5.81. The van der Waals surface area contributed by atoms with E-state index in [0.29, 0.717) is 12.5 Å². The highest BCUT2D eigenvalue weighted by Gasteiger charge is 2.12. The maximum absolute atomic E-state index is 11.4. The van der Waals surface area contributed by atoms with Gasteiger partial charge < -0.3 is 11.1 Å². The van der Waals surface area contributed by atoms with Crippen molar-refractivity contribution in [2.75, 3.05) is 0 Å². The number of hydrogen-bond donors (Lipinski definition) is 2. The second-order valence-electron chi connectivity index (χ2n) is 4.08. The van der Waals surface area contributed by atoms with Crippen LogP contribution >= 0.6 is 0 Å². The van der Waals surface area contributed by atoms with Crippen molar-refractivity contribution in [2.45, 2.75) is 51.1 Å². The zero-order valence-electron chi connectivity index (χ0n) is 8.83. The normalized spacial score (nSPS) is 18.4. The predicted molar refractivity (Wildman–Crippen MR) is 57.8 cm³/mol. The van der Waals surface area contributed by atoms with Crippen LogP contribution in [0.4, 0.5) is 0 Å². The summed E-state index contributed by atoms with van der Waals surface area (Å²) in [6, 6.07) is 0.550. The minimum absolute atomic E-state index is 0.166. The van der Waals surface area contributed by atoms with Crippen molar-refractivity contribution in [2.24, 2.45) is 5.73 Å². The molecule has 1 aliphatic rings. The van der Waals surface area contributed by atoms with E-state index < -0.39 is 0 Å². The molecule has 0 radical (unpaired) electrons. The largest absolute Gasteiger partial charge is 0.353 e. The van der Waals surface area contributed by atoms with E-state index in [0.717, 1.165) is 25.7 Å². The molecule has 1 atom stereocenters. The third-order valence-electron chi connectivity index (χ3n) is 2.44. The van der Waals surface area contributed by atoms with E-state index in [4.69, 9.17) is 5.73 Å². The molecular weight excluding hydrogens is 176 g/mol. The van der Waals surface area contributed by atoms with Crippen molar-refractivity contribution in [3.63, 3.8) is 0 Å². The first-order valence-electron chi connectivity index (χ1n) is 5.38. The lowest BCUT2D eigenvalue weighted by Gasteiger charge is -2.12. The lowest BCUT2D eigenvalue weighted by atomic mass is 10.1. The molecule has 1 amide bonds. The molecule has 0 fully saturated rings. The molecule has 0 heterocycles. The molecule has 0 aliphatic heterocycles. The molecule has 0 saturated heterocycles.